The summed E-state index contributed by atoms with van der Waals surface area (Å²) in [6, 6.07) is 0. The molecule has 2 rings (SSSR count). The lowest BCUT2D eigenvalue weighted by Crippen LogP contribution is -2.06. The predicted octanol–water partition coefficient (Wildman–Crippen LogP) is 8.81. The van der Waals surface area contributed by atoms with Gasteiger partial charge in [0.1, 0.15) is 5.76 Å². The smallest absolute Gasteiger partial charge is 0.389 e. The number of furan rings is 1. The summed E-state index contributed by atoms with van der Waals surface area (Å²) in [5.41, 5.74) is 5.88. The largest absolute Gasteiger partial charge is 0.455 e. The SMILES string of the molecule is CCCOCCCCC1=CC(CCCC(F)(F)F)=CCC(CSc2oc(C)c(C)c2C)=C1. The average molecular weight is 471 g/mol. The fraction of sp³-hybridized carbons (Fsp3) is 0.615. The van der Waals surface area contributed by atoms with E-state index in [9.17, 15) is 13.2 Å². The highest BCUT2D eigenvalue weighted by Crippen LogP contribution is 2.33. The van der Waals surface area contributed by atoms with Crippen molar-refractivity contribution in [1.29, 1.82) is 0 Å². The number of aryl methyl sites for hydroxylation is 1. The summed E-state index contributed by atoms with van der Waals surface area (Å²) in [6.45, 7) is 9.79. The predicted molar refractivity (Wildman–Crippen MR) is 127 cm³/mol. The molecule has 0 saturated carbocycles. The van der Waals surface area contributed by atoms with Gasteiger partial charge in [0.05, 0.1) is 0 Å². The molecule has 1 aliphatic rings. The molecule has 32 heavy (non-hydrogen) atoms. The number of alkyl halides is 3. The zero-order valence-electron chi connectivity index (χ0n) is 19.9. The van der Waals surface area contributed by atoms with E-state index in [1.54, 1.807) is 11.8 Å². The minimum atomic E-state index is -4.09. The number of hydrogen-bond acceptors (Lipinski definition) is 3. The average Bonchev–Trinajstić information content (AvgIpc) is 2.88. The quantitative estimate of drug-likeness (QED) is 0.212. The van der Waals surface area contributed by atoms with Crippen molar-refractivity contribution in [2.24, 2.45) is 0 Å². The Labute approximate surface area is 195 Å². The van der Waals surface area contributed by atoms with E-state index >= 15 is 0 Å². The molecule has 0 amide bonds. The molecule has 0 saturated heterocycles. The van der Waals surface area contributed by atoms with Crippen LogP contribution in [-0.2, 0) is 4.74 Å². The van der Waals surface area contributed by atoms with Gasteiger partial charge in [0.15, 0.2) is 5.09 Å². The Morgan fingerprint density at radius 2 is 1.72 bits per heavy atom. The van der Waals surface area contributed by atoms with Crippen LogP contribution >= 0.6 is 11.8 Å². The molecule has 0 atom stereocenters. The van der Waals surface area contributed by atoms with Crippen molar-refractivity contribution in [3.63, 3.8) is 0 Å². The van der Waals surface area contributed by atoms with Crippen molar-refractivity contribution in [2.75, 3.05) is 19.0 Å². The van der Waals surface area contributed by atoms with E-state index in [1.165, 1.54) is 22.3 Å². The molecule has 1 heterocycles. The molecule has 2 nitrogen and oxygen atoms in total. The summed E-state index contributed by atoms with van der Waals surface area (Å²) >= 11 is 1.70. The third-order valence-corrected chi connectivity index (χ3v) is 6.86. The number of halogens is 3. The first-order chi connectivity index (χ1) is 15.2. The van der Waals surface area contributed by atoms with Gasteiger partial charge in [0.25, 0.3) is 0 Å². The number of thioether (sulfide) groups is 1. The van der Waals surface area contributed by atoms with Gasteiger partial charge in [-0.3, -0.25) is 0 Å². The fourth-order valence-corrected chi connectivity index (χ4v) is 4.69. The first-order valence-corrected chi connectivity index (χ1v) is 12.6. The molecule has 0 spiro atoms. The van der Waals surface area contributed by atoms with E-state index in [1.807, 2.05) is 6.92 Å². The Morgan fingerprint density at radius 3 is 2.38 bits per heavy atom. The summed E-state index contributed by atoms with van der Waals surface area (Å²) in [7, 11) is 0. The molecule has 0 aliphatic heterocycles. The van der Waals surface area contributed by atoms with Gasteiger partial charge in [-0.15, -0.1) is 0 Å². The lowest BCUT2D eigenvalue weighted by Gasteiger charge is -2.08. The summed E-state index contributed by atoms with van der Waals surface area (Å²) in [6.07, 6.45) is 6.95. The van der Waals surface area contributed by atoms with Gasteiger partial charge < -0.3 is 9.15 Å². The molecule has 180 valence electrons. The van der Waals surface area contributed by atoms with E-state index in [-0.39, 0.29) is 6.42 Å². The molecule has 0 unspecified atom stereocenters. The van der Waals surface area contributed by atoms with Crippen LogP contribution in [0.5, 0.6) is 0 Å². The summed E-state index contributed by atoms with van der Waals surface area (Å²) in [4.78, 5) is 0. The van der Waals surface area contributed by atoms with E-state index < -0.39 is 12.6 Å². The fourth-order valence-electron chi connectivity index (χ4n) is 3.62. The maximum atomic E-state index is 12.6. The maximum absolute atomic E-state index is 12.6. The Kier molecular flexibility index (Phi) is 11.2. The van der Waals surface area contributed by atoms with Crippen LogP contribution < -0.4 is 0 Å². The number of hydrogen-bond donors (Lipinski definition) is 0. The number of unbranched alkanes of at least 4 members (excludes halogenated alkanes) is 1. The van der Waals surface area contributed by atoms with E-state index in [4.69, 9.17) is 9.15 Å². The molecule has 0 aromatic carbocycles. The van der Waals surface area contributed by atoms with Crippen LogP contribution in [0.2, 0.25) is 0 Å². The Morgan fingerprint density at radius 1 is 0.969 bits per heavy atom. The van der Waals surface area contributed by atoms with Crippen LogP contribution in [-0.4, -0.2) is 25.1 Å². The van der Waals surface area contributed by atoms with Gasteiger partial charge in [-0.1, -0.05) is 48.1 Å². The third kappa shape index (κ3) is 9.62. The summed E-state index contributed by atoms with van der Waals surface area (Å²) in [5.74, 6) is 1.77. The zero-order valence-corrected chi connectivity index (χ0v) is 20.7. The lowest BCUT2D eigenvalue weighted by molar-refractivity contribution is -0.135. The topological polar surface area (TPSA) is 22.4 Å². The van der Waals surface area contributed by atoms with Crippen LogP contribution in [0.25, 0.3) is 0 Å². The number of rotatable bonds is 13. The second-order valence-electron chi connectivity index (χ2n) is 8.53. The van der Waals surface area contributed by atoms with Crippen molar-refractivity contribution in [3.8, 4) is 0 Å². The van der Waals surface area contributed by atoms with Gasteiger partial charge in [0, 0.05) is 31.0 Å². The standard InChI is InChI=1S/C26H37F3O2S/c1-5-14-30-15-7-6-9-23-16-22(10-8-13-26(27,28)29)11-12-24(17-23)18-32-25-20(3)19(2)21(4)31-25/h11,16-17H,5-10,12-15,18H2,1-4H3. The molecule has 1 aliphatic carbocycles. The van der Waals surface area contributed by atoms with Crippen molar-refractivity contribution in [2.45, 2.75) is 90.3 Å². The van der Waals surface area contributed by atoms with E-state index in [2.05, 4.69) is 39.0 Å². The maximum Gasteiger partial charge on any atom is 0.389 e. The van der Waals surface area contributed by atoms with Crippen LogP contribution in [0.3, 0.4) is 0 Å². The van der Waals surface area contributed by atoms with Crippen molar-refractivity contribution >= 4 is 11.8 Å². The molecular weight excluding hydrogens is 433 g/mol. The minimum Gasteiger partial charge on any atom is -0.455 e. The highest BCUT2D eigenvalue weighted by Gasteiger charge is 2.26. The van der Waals surface area contributed by atoms with Crippen molar-refractivity contribution in [3.05, 3.63) is 51.8 Å². The molecule has 1 aromatic heterocycles. The van der Waals surface area contributed by atoms with E-state index in [0.717, 1.165) is 67.5 Å². The first kappa shape index (κ1) is 26.8. The van der Waals surface area contributed by atoms with Crippen LogP contribution in [0.15, 0.2) is 44.5 Å². The Balaban J connectivity index is 2.00. The minimum absolute atomic E-state index is 0.137. The van der Waals surface area contributed by atoms with Crippen LogP contribution in [0.1, 0.15) is 75.2 Å². The number of allylic oxidation sites excluding steroid dienone is 5. The van der Waals surface area contributed by atoms with E-state index in [0.29, 0.717) is 6.42 Å². The normalized spacial score (nSPS) is 14.8. The third-order valence-electron chi connectivity index (χ3n) is 5.70. The highest BCUT2D eigenvalue weighted by molar-refractivity contribution is 7.99. The van der Waals surface area contributed by atoms with Gasteiger partial charge in [-0.25, -0.2) is 0 Å². The first-order valence-electron chi connectivity index (χ1n) is 11.6. The number of ether oxygens (including phenoxy) is 1. The monoisotopic (exact) mass is 470 g/mol. The zero-order chi connectivity index (χ0) is 23.6. The van der Waals surface area contributed by atoms with Gasteiger partial charge in [-0.05, 0) is 76.9 Å². The Bertz CT molecular complexity index is 816. The van der Waals surface area contributed by atoms with Crippen LogP contribution in [0.4, 0.5) is 13.2 Å². The van der Waals surface area contributed by atoms with Gasteiger partial charge in [-0.2, -0.15) is 13.2 Å². The Hall–Kier alpha value is -1.40. The highest BCUT2D eigenvalue weighted by atomic mass is 32.2. The molecule has 0 N–H and O–H groups in total. The van der Waals surface area contributed by atoms with Gasteiger partial charge in [0.2, 0.25) is 0 Å². The summed E-state index contributed by atoms with van der Waals surface area (Å²) < 4.78 is 49.2. The lowest BCUT2D eigenvalue weighted by atomic mass is 10.0. The van der Waals surface area contributed by atoms with Crippen molar-refractivity contribution in [1.82, 2.24) is 0 Å². The van der Waals surface area contributed by atoms with Crippen LogP contribution in [0, 0.1) is 20.8 Å². The summed E-state index contributed by atoms with van der Waals surface area (Å²) in [5, 5.41) is 0.957. The molecule has 0 fully saturated rings. The van der Waals surface area contributed by atoms with Gasteiger partial charge >= 0.3 is 6.18 Å². The molecule has 1 aromatic rings. The molecule has 0 radical (unpaired) electrons. The molecular formula is C26H37F3O2S. The molecule has 0 bridgehead atoms. The second-order valence-corrected chi connectivity index (χ2v) is 9.48. The van der Waals surface area contributed by atoms with Crippen molar-refractivity contribution < 1.29 is 22.3 Å². The second kappa shape index (κ2) is 13.3. The molecule has 6 heteroatoms.